The SMILES string of the molecule is CN(C)C1CCCC(O)(CCN)C1. The van der Waals surface area contributed by atoms with Crippen LogP contribution < -0.4 is 5.73 Å². The molecule has 3 heteroatoms. The number of hydrogen-bond donors (Lipinski definition) is 2. The maximum atomic E-state index is 10.2. The van der Waals surface area contributed by atoms with Crippen molar-refractivity contribution in [2.45, 2.75) is 43.7 Å². The molecule has 3 nitrogen and oxygen atoms in total. The van der Waals surface area contributed by atoms with Crippen LogP contribution in [0, 0.1) is 0 Å². The van der Waals surface area contributed by atoms with Crippen molar-refractivity contribution in [3.63, 3.8) is 0 Å². The van der Waals surface area contributed by atoms with Crippen LogP contribution in [0.3, 0.4) is 0 Å². The van der Waals surface area contributed by atoms with Crippen molar-refractivity contribution in [3.8, 4) is 0 Å². The van der Waals surface area contributed by atoms with E-state index < -0.39 is 5.60 Å². The van der Waals surface area contributed by atoms with Crippen LogP contribution in [0.15, 0.2) is 0 Å². The van der Waals surface area contributed by atoms with Crippen LogP contribution in [0.25, 0.3) is 0 Å². The molecule has 0 radical (unpaired) electrons. The Hall–Kier alpha value is -0.120. The lowest BCUT2D eigenvalue weighted by molar-refractivity contribution is -0.0274. The second-order valence-corrected chi connectivity index (χ2v) is 4.48. The summed E-state index contributed by atoms with van der Waals surface area (Å²) in [6.45, 7) is 0.594. The van der Waals surface area contributed by atoms with Gasteiger partial charge in [-0.1, -0.05) is 0 Å². The summed E-state index contributed by atoms with van der Waals surface area (Å²) in [6.07, 6.45) is 4.89. The largest absolute Gasteiger partial charge is 0.390 e. The van der Waals surface area contributed by atoms with E-state index in [2.05, 4.69) is 19.0 Å². The Balaban J connectivity index is 2.49. The first kappa shape index (κ1) is 11.0. The van der Waals surface area contributed by atoms with Gasteiger partial charge < -0.3 is 15.7 Å². The van der Waals surface area contributed by atoms with Gasteiger partial charge in [0.05, 0.1) is 5.60 Å². The van der Waals surface area contributed by atoms with E-state index in [0.29, 0.717) is 12.6 Å². The van der Waals surface area contributed by atoms with E-state index in [1.807, 2.05) is 0 Å². The summed E-state index contributed by atoms with van der Waals surface area (Å²) in [5, 5.41) is 10.2. The van der Waals surface area contributed by atoms with Crippen LogP contribution in [0.5, 0.6) is 0 Å². The van der Waals surface area contributed by atoms with E-state index in [1.54, 1.807) is 0 Å². The summed E-state index contributed by atoms with van der Waals surface area (Å²) in [4.78, 5) is 2.21. The van der Waals surface area contributed by atoms with Gasteiger partial charge in [0.15, 0.2) is 0 Å². The molecule has 1 aliphatic rings. The molecule has 2 unspecified atom stereocenters. The first-order valence-electron chi connectivity index (χ1n) is 5.16. The highest BCUT2D eigenvalue weighted by Gasteiger charge is 2.34. The van der Waals surface area contributed by atoms with Crippen LogP contribution in [0.1, 0.15) is 32.1 Å². The Morgan fingerprint density at radius 2 is 2.23 bits per heavy atom. The Labute approximate surface area is 80.9 Å². The Morgan fingerprint density at radius 1 is 1.54 bits per heavy atom. The van der Waals surface area contributed by atoms with E-state index in [9.17, 15) is 5.11 Å². The van der Waals surface area contributed by atoms with Crippen molar-refractivity contribution in [1.82, 2.24) is 4.90 Å². The van der Waals surface area contributed by atoms with Crippen LogP contribution in [-0.4, -0.2) is 42.3 Å². The molecular weight excluding hydrogens is 164 g/mol. The second kappa shape index (κ2) is 4.40. The molecule has 0 spiro atoms. The van der Waals surface area contributed by atoms with Gasteiger partial charge in [-0.05, 0) is 52.7 Å². The van der Waals surface area contributed by atoms with Gasteiger partial charge in [-0.25, -0.2) is 0 Å². The average Bonchev–Trinajstić information content (AvgIpc) is 2.04. The highest BCUT2D eigenvalue weighted by molar-refractivity contribution is 4.89. The summed E-state index contributed by atoms with van der Waals surface area (Å²) in [5.74, 6) is 0. The second-order valence-electron chi connectivity index (χ2n) is 4.48. The van der Waals surface area contributed by atoms with E-state index >= 15 is 0 Å². The van der Waals surface area contributed by atoms with Crippen LogP contribution in [-0.2, 0) is 0 Å². The van der Waals surface area contributed by atoms with Gasteiger partial charge >= 0.3 is 0 Å². The molecule has 0 heterocycles. The summed E-state index contributed by atoms with van der Waals surface area (Å²) in [7, 11) is 4.16. The predicted molar refractivity (Wildman–Crippen MR) is 54.6 cm³/mol. The molecule has 78 valence electrons. The minimum atomic E-state index is -0.484. The minimum Gasteiger partial charge on any atom is -0.390 e. The lowest BCUT2D eigenvalue weighted by atomic mass is 9.79. The molecule has 0 amide bonds. The Bertz CT molecular complexity index is 157. The van der Waals surface area contributed by atoms with Crippen LogP contribution >= 0.6 is 0 Å². The first-order chi connectivity index (χ1) is 6.07. The van der Waals surface area contributed by atoms with Crippen LogP contribution in [0.2, 0.25) is 0 Å². The van der Waals surface area contributed by atoms with Crippen molar-refractivity contribution in [3.05, 3.63) is 0 Å². The number of nitrogens with two attached hydrogens (primary N) is 1. The monoisotopic (exact) mass is 186 g/mol. The third-order valence-corrected chi connectivity index (χ3v) is 3.14. The molecule has 0 saturated heterocycles. The zero-order chi connectivity index (χ0) is 9.90. The number of aliphatic hydroxyl groups is 1. The maximum absolute atomic E-state index is 10.2. The van der Waals surface area contributed by atoms with Crippen molar-refractivity contribution >= 4 is 0 Å². The lowest BCUT2D eigenvalue weighted by Gasteiger charge is -2.39. The molecule has 2 atom stereocenters. The third kappa shape index (κ3) is 2.93. The molecule has 3 N–H and O–H groups in total. The number of nitrogens with zero attached hydrogens (tertiary/aromatic N) is 1. The van der Waals surface area contributed by atoms with Gasteiger partial charge in [0.25, 0.3) is 0 Å². The molecule has 0 aromatic heterocycles. The van der Waals surface area contributed by atoms with E-state index in [4.69, 9.17) is 5.73 Å². The summed E-state index contributed by atoms with van der Waals surface area (Å²) in [5.41, 5.74) is 5.01. The van der Waals surface area contributed by atoms with Gasteiger partial charge in [-0.15, -0.1) is 0 Å². The Morgan fingerprint density at radius 3 is 2.77 bits per heavy atom. The topological polar surface area (TPSA) is 49.5 Å². The fourth-order valence-electron chi connectivity index (χ4n) is 2.25. The molecular formula is C10H22N2O. The number of rotatable bonds is 3. The molecule has 13 heavy (non-hydrogen) atoms. The van der Waals surface area contributed by atoms with Gasteiger partial charge in [-0.2, -0.15) is 0 Å². The van der Waals surface area contributed by atoms with Crippen molar-refractivity contribution in [1.29, 1.82) is 0 Å². The van der Waals surface area contributed by atoms with E-state index in [-0.39, 0.29) is 0 Å². The quantitative estimate of drug-likeness (QED) is 0.677. The lowest BCUT2D eigenvalue weighted by Crippen LogP contribution is -2.44. The summed E-state index contributed by atoms with van der Waals surface area (Å²) < 4.78 is 0. The zero-order valence-corrected chi connectivity index (χ0v) is 8.79. The fourth-order valence-corrected chi connectivity index (χ4v) is 2.25. The van der Waals surface area contributed by atoms with Gasteiger partial charge in [0, 0.05) is 6.04 Å². The molecule has 0 aliphatic heterocycles. The van der Waals surface area contributed by atoms with Gasteiger partial charge in [0.2, 0.25) is 0 Å². The zero-order valence-electron chi connectivity index (χ0n) is 8.79. The first-order valence-corrected chi connectivity index (χ1v) is 5.16. The minimum absolute atomic E-state index is 0.484. The maximum Gasteiger partial charge on any atom is 0.0674 e. The summed E-state index contributed by atoms with van der Waals surface area (Å²) >= 11 is 0. The highest BCUT2D eigenvalue weighted by atomic mass is 16.3. The standard InChI is InChI=1S/C10H22N2O/c1-12(2)9-4-3-5-10(13,8-9)6-7-11/h9,13H,3-8,11H2,1-2H3. The molecule has 1 rings (SSSR count). The molecule has 1 fully saturated rings. The predicted octanol–water partition coefficient (Wildman–Crippen LogP) is 0.570. The van der Waals surface area contributed by atoms with Gasteiger partial charge in [0.1, 0.15) is 0 Å². The molecule has 1 saturated carbocycles. The van der Waals surface area contributed by atoms with Gasteiger partial charge in [-0.3, -0.25) is 0 Å². The summed E-state index contributed by atoms with van der Waals surface area (Å²) in [6, 6.07) is 0.533. The number of hydrogen-bond acceptors (Lipinski definition) is 3. The van der Waals surface area contributed by atoms with Crippen molar-refractivity contribution in [2.24, 2.45) is 5.73 Å². The molecule has 1 aliphatic carbocycles. The Kier molecular flexibility index (Phi) is 3.71. The highest BCUT2D eigenvalue weighted by Crippen LogP contribution is 2.32. The smallest absolute Gasteiger partial charge is 0.0674 e. The van der Waals surface area contributed by atoms with Crippen molar-refractivity contribution < 1.29 is 5.11 Å². The molecule has 0 aromatic rings. The fraction of sp³-hybridized carbons (Fsp3) is 1.00. The van der Waals surface area contributed by atoms with Crippen molar-refractivity contribution in [2.75, 3.05) is 20.6 Å². The molecule has 0 bridgehead atoms. The van der Waals surface area contributed by atoms with Crippen LogP contribution in [0.4, 0.5) is 0 Å². The van der Waals surface area contributed by atoms with E-state index in [0.717, 1.165) is 25.7 Å². The normalized spacial score (nSPS) is 35.3. The third-order valence-electron chi connectivity index (χ3n) is 3.14. The molecule has 0 aromatic carbocycles. The van der Waals surface area contributed by atoms with E-state index in [1.165, 1.54) is 6.42 Å². The average molecular weight is 186 g/mol.